The number of nitrogens with two attached hydrogens (primary N) is 1. The van der Waals surface area contributed by atoms with Gasteiger partial charge in [0.25, 0.3) is 10.0 Å². The van der Waals surface area contributed by atoms with Crippen molar-refractivity contribution in [3.05, 3.63) is 21.8 Å². The highest BCUT2D eigenvalue weighted by atomic mass is 32.2. The largest absolute Gasteiger partial charge is 0.326 e. The van der Waals surface area contributed by atoms with Gasteiger partial charge in [-0.2, -0.15) is 13.5 Å². The molecule has 7 nitrogen and oxygen atoms in total. The Morgan fingerprint density at radius 2 is 2.05 bits per heavy atom. The Balaban J connectivity index is 2.37. The molecule has 19 heavy (non-hydrogen) atoms. The number of sulfonamides is 1. The van der Waals surface area contributed by atoms with Gasteiger partial charge in [0.2, 0.25) is 5.03 Å². The monoisotopic (exact) mass is 301 g/mol. The highest BCUT2D eigenvalue weighted by Gasteiger charge is 2.24. The molecule has 0 spiro atoms. The van der Waals surface area contributed by atoms with Crippen LogP contribution in [0.25, 0.3) is 0 Å². The molecule has 0 aliphatic carbocycles. The van der Waals surface area contributed by atoms with Crippen molar-refractivity contribution in [2.45, 2.75) is 32.3 Å². The van der Waals surface area contributed by atoms with Crippen molar-refractivity contribution >= 4 is 26.5 Å². The van der Waals surface area contributed by atoms with Gasteiger partial charge >= 0.3 is 0 Å². The number of hydrogen-bond donors (Lipinski definition) is 3. The second-order valence-corrected chi connectivity index (χ2v) is 6.90. The van der Waals surface area contributed by atoms with Crippen LogP contribution in [0.1, 0.15) is 21.8 Å². The maximum absolute atomic E-state index is 12.2. The number of nitrogens with zero attached hydrogens (tertiary/aromatic N) is 2. The quantitative estimate of drug-likeness (QED) is 0.781. The van der Waals surface area contributed by atoms with Crippen molar-refractivity contribution in [2.24, 2.45) is 5.73 Å². The number of aromatic nitrogens is 3. The van der Waals surface area contributed by atoms with E-state index in [0.717, 1.165) is 10.6 Å². The molecule has 0 saturated carbocycles. The summed E-state index contributed by atoms with van der Waals surface area (Å²) in [6, 6.07) is 0. The molecule has 2 aromatic heterocycles. The number of thiazole rings is 1. The maximum atomic E-state index is 12.2. The summed E-state index contributed by atoms with van der Waals surface area (Å²) in [4.78, 5) is 5.11. The lowest BCUT2D eigenvalue weighted by atomic mass is 10.3. The molecule has 2 heterocycles. The van der Waals surface area contributed by atoms with Gasteiger partial charge in [0.15, 0.2) is 5.13 Å². The Labute approximate surface area is 115 Å². The first-order valence-electron chi connectivity index (χ1n) is 5.56. The van der Waals surface area contributed by atoms with Crippen molar-refractivity contribution in [2.75, 3.05) is 4.72 Å². The number of rotatable bonds is 4. The fraction of sp³-hybridized carbons (Fsp3) is 0.400. The molecule has 0 aromatic carbocycles. The first-order chi connectivity index (χ1) is 8.85. The predicted octanol–water partition coefficient (Wildman–Crippen LogP) is 1.05. The SMILES string of the molecule is Cc1nc(NS(=O)(=O)c2n[nH]c(C)c2CN)sc1C. The topological polar surface area (TPSA) is 114 Å². The molecule has 0 bridgehead atoms. The number of anilines is 1. The van der Waals surface area contributed by atoms with E-state index < -0.39 is 10.0 Å². The number of H-pyrrole nitrogens is 1. The van der Waals surface area contributed by atoms with E-state index in [1.807, 2.05) is 13.8 Å². The number of aromatic amines is 1. The Kier molecular flexibility index (Phi) is 3.61. The molecule has 9 heteroatoms. The number of aryl methyl sites for hydroxylation is 3. The van der Waals surface area contributed by atoms with E-state index in [1.54, 1.807) is 6.92 Å². The Bertz CT molecular complexity index is 682. The van der Waals surface area contributed by atoms with Gasteiger partial charge < -0.3 is 5.73 Å². The summed E-state index contributed by atoms with van der Waals surface area (Å²) in [5, 5.41) is 6.70. The Hall–Kier alpha value is -1.45. The lowest BCUT2D eigenvalue weighted by Gasteiger charge is -2.04. The van der Waals surface area contributed by atoms with Crippen LogP contribution in [0.2, 0.25) is 0 Å². The van der Waals surface area contributed by atoms with Crippen LogP contribution in [0.3, 0.4) is 0 Å². The fourth-order valence-electron chi connectivity index (χ4n) is 1.57. The van der Waals surface area contributed by atoms with E-state index in [1.165, 1.54) is 11.3 Å². The molecule has 0 aliphatic heterocycles. The normalized spacial score (nSPS) is 11.8. The lowest BCUT2D eigenvalue weighted by molar-refractivity contribution is 0.595. The minimum atomic E-state index is -3.76. The molecule has 0 radical (unpaired) electrons. The van der Waals surface area contributed by atoms with E-state index in [2.05, 4.69) is 19.9 Å². The van der Waals surface area contributed by atoms with Crippen LogP contribution in [0.5, 0.6) is 0 Å². The minimum Gasteiger partial charge on any atom is -0.326 e. The second kappa shape index (κ2) is 4.91. The van der Waals surface area contributed by atoms with Gasteiger partial charge in [0, 0.05) is 22.7 Å². The van der Waals surface area contributed by atoms with Crippen molar-refractivity contribution in [3.8, 4) is 0 Å². The molecule has 104 valence electrons. The molecular formula is C10H15N5O2S2. The van der Waals surface area contributed by atoms with E-state index >= 15 is 0 Å². The van der Waals surface area contributed by atoms with E-state index in [0.29, 0.717) is 16.4 Å². The van der Waals surface area contributed by atoms with Gasteiger partial charge in [-0.05, 0) is 20.8 Å². The summed E-state index contributed by atoms with van der Waals surface area (Å²) in [6.07, 6.45) is 0. The van der Waals surface area contributed by atoms with E-state index in [4.69, 9.17) is 5.73 Å². The molecule has 2 aromatic rings. The van der Waals surface area contributed by atoms with Crippen LogP contribution in [0.15, 0.2) is 5.03 Å². The summed E-state index contributed by atoms with van der Waals surface area (Å²) in [5.74, 6) is 0. The highest BCUT2D eigenvalue weighted by molar-refractivity contribution is 7.92. The van der Waals surface area contributed by atoms with Crippen LogP contribution in [-0.2, 0) is 16.6 Å². The van der Waals surface area contributed by atoms with Gasteiger partial charge in [0.05, 0.1) is 5.69 Å². The minimum absolute atomic E-state index is 0.0713. The third-order valence-electron chi connectivity index (χ3n) is 2.74. The molecule has 4 N–H and O–H groups in total. The average Bonchev–Trinajstić information content (AvgIpc) is 2.82. The van der Waals surface area contributed by atoms with Crippen LogP contribution in [0.4, 0.5) is 5.13 Å². The lowest BCUT2D eigenvalue weighted by Crippen LogP contribution is -2.16. The zero-order chi connectivity index (χ0) is 14.2. The van der Waals surface area contributed by atoms with Crippen molar-refractivity contribution in [3.63, 3.8) is 0 Å². The molecule has 0 unspecified atom stereocenters. The summed E-state index contributed by atoms with van der Waals surface area (Å²) in [6.45, 7) is 5.54. The van der Waals surface area contributed by atoms with Crippen LogP contribution < -0.4 is 10.5 Å². The van der Waals surface area contributed by atoms with Crippen molar-refractivity contribution < 1.29 is 8.42 Å². The summed E-state index contributed by atoms with van der Waals surface area (Å²) in [5.41, 5.74) is 7.49. The smallest absolute Gasteiger partial charge is 0.283 e. The molecule has 0 aliphatic rings. The molecular weight excluding hydrogens is 286 g/mol. The Morgan fingerprint density at radius 1 is 1.37 bits per heavy atom. The molecule has 2 rings (SSSR count). The molecule has 0 atom stereocenters. The Morgan fingerprint density at radius 3 is 2.58 bits per heavy atom. The molecule has 0 amide bonds. The predicted molar refractivity (Wildman–Crippen MR) is 73.6 cm³/mol. The second-order valence-electron chi connectivity index (χ2n) is 4.10. The van der Waals surface area contributed by atoms with Gasteiger partial charge in [-0.15, -0.1) is 11.3 Å². The number of nitrogens with one attached hydrogen (secondary N) is 2. The van der Waals surface area contributed by atoms with Crippen molar-refractivity contribution in [1.82, 2.24) is 15.2 Å². The zero-order valence-corrected chi connectivity index (χ0v) is 12.4. The van der Waals surface area contributed by atoms with E-state index in [9.17, 15) is 8.42 Å². The number of hydrogen-bond acceptors (Lipinski definition) is 6. The maximum Gasteiger partial charge on any atom is 0.283 e. The molecule has 0 fully saturated rings. The van der Waals surface area contributed by atoms with Gasteiger partial charge in [0.1, 0.15) is 0 Å². The van der Waals surface area contributed by atoms with Crippen molar-refractivity contribution in [1.29, 1.82) is 0 Å². The van der Waals surface area contributed by atoms with Gasteiger partial charge in [-0.1, -0.05) is 0 Å². The summed E-state index contributed by atoms with van der Waals surface area (Å²) in [7, 11) is -3.76. The van der Waals surface area contributed by atoms with Gasteiger partial charge in [-0.25, -0.2) is 4.98 Å². The van der Waals surface area contributed by atoms with Gasteiger partial charge in [-0.3, -0.25) is 9.82 Å². The summed E-state index contributed by atoms with van der Waals surface area (Å²) >= 11 is 1.29. The van der Waals surface area contributed by atoms with Crippen LogP contribution >= 0.6 is 11.3 Å². The zero-order valence-electron chi connectivity index (χ0n) is 10.8. The first-order valence-corrected chi connectivity index (χ1v) is 7.86. The summed E-state index contributed by atoms with van der Waals surface area (Å²) < 4.78 is 26.9. The molecule has 0 saturated heterocycles. The highest BCUT2D eigenvalue weighted by Crippen LogP contribution is 2.25. The van der Waals surface area contributed by atoms with E-state index in [-0.39, 0.29) is 11.6 Å². The van der Waals surface area contributed by atoms with Crippen LogP contribution in [0, 0.1) is 20.8 Å². The standard InChI is InChI=1S/C10H15N5O2S2/c1-5-7(3)18-10(12-5)15-19(16,17)9-8(4-11)6(2)13-14-9/h4,11H2,1-3H3,(H,12,15)(H,13,14). The third-order valence-corrected chi connectivity index (χ3v) is 5.17. The van der Waals surface area contributed by atoms with Crippen LogP contribution in [-0.4, -0.2) is 23.6 Å². The fourth-order valence-corrected chi connectivity index (χ4v) is 3.83. The first kappa shape index (κ1) is 14.0. The third kappa shape index (κ3) is 2.62. The average molecular weight is 301 g/mol.